The summed E-state index contributed by atoms with van der Waals surface area (Å²) in [6, 6.07) is 5.47. The molecule has 14 heavy (non-hydrogen) atoms. The van der Waals surface area contributed by atoms with E-state index in [0.717, 1.165) is 16.7 Å². The molecule has 0 amide bonds. The van der Waals surface area contributed by atoms with Crippen LogP contribution in [0.5, 0.6) is 0 Å². The van der Waals surface area contributed by atoms with Crippen molar-refractivity contribution in [1.29, 1.82) is 0 Å². The first-order valence-corrected chi connectivity index (χ1v) is 5.00. The molecule has 0 bridgehead atoms. The minimum atomic E-state index is -0.542. The van der Waals surface area contributed by atoms with E-state index in [-0.39, 0.29) is 0 Å². The highest BCUT2D eigenvalue weighted by Crippen LogP contribution is 2.21. The summed E-state index contributed by atoms with van der Waals surface area (Å²) in [5.41, 5.74) is 2.35. The van der Waals surface area contributed by atoms with Gasteiger partial charge in [0.25, 0.3) is 0 Å². The Balaban J connectivity index is 2.50. The quantitative estimate of drug-likeness (QED) is 0.744. The van der Waals surface area contributed by atoms with Crippen molar-refractivity contribution in [2.75, 3.05) is 5.75 Å². The largest absolute Gasteiger partial charge is 0.441 e. The number of rotatable bonds is 2. The summed E-state index contributed by atoms with van der Waals surface area (Å²) in [5.74, 6) is 1.04. The maximum Gasteiger partial charge on any atom is 0.192 e. The molecule has 3 nitrogen and oxygen atoms in total. The zero-order chi connectivity index (χ0) is 10.1. The fourth-order valence-electron chi connectivity index (χ4n) is 1.37. The van der Waals surface area contributed by atoms with Gasteiger partial charge in [0.05, 0.1) is 6.10 Å². The number of oxazole rings is 1. The Morgan fingerprint density at radius 3 is 3.07 bits per heavy atom. The highest BCUT2D eigenvalue weighted by atomic mass is 32.1. The molecule has 2 aromatic rings. The summed E-state index contributed by atoms with van der Waals surface area (Å²) in [7, 11) is 0. The summed E-state index contributed by atoms with van der Waals surface area (Å²) in [6.07, 6.45) is -0.542. The Labute approximate surface area is 87.2 Å². The first kappa shape index (κ1) is 9.55. The van der Waals surface area contributed by atoms with Crippen molar-refractivity contribution in [3.63, 3.8) is 0 Å². The maximum absolute atomic E-state index is 9.56. The molecule has 0 saturated heterocycles. The molecule has 1 aromatic carbocycles. The van der Waals surface area contributed by atoms with Crippen LogP contribution in [0.4, 0.5) is 0 Å². The number of thiol groups is 1. The first-order chi connectivity index (χ1) is 6.70. The smallest absolute Gasteiger partial charge is 0.192 e. The van der Waals surface area contributed by atoms with Gasteiger partial charge in [-0.25, -0.2) is 4.98 Å². The van der Waals surface area contributed by atoms with Gasteiger partial charge in [0.2, 0.25) is 0 Å². The van der Waals surface area contributed by atoms with Gasteiger partial charge in [-0.05, 0) is 17.7 Å². The number of aryl methyl sites for hydroxylation is 1. The van der Waals surface area contributed by atoms with E-state index in [1.165, 1.54) is 0 Å². The number of nitrogens with zero attached hydrogens (tertiary/aromatic N) is 1. The number of hydrogen-bond acceptors (Lipinski definition) is 4. The van der Waals surface area contributed by atoms with Gasteiger partial charge in [0.15, 0.2) is 11.5 Å². The highest BCUT2D eigenvalue weighted by Gasteiger charge is 2.08. The Morgan fingerprint density at radius 1 is 1.57 bits per heavy atom. The van der Waals surface area contributed by atoms with Crippen LogP contribution in [0.1, 0.15) is 17.6 Å². The van der Waals surface area contributed by atoms with Crippen LogP contribution in [-0.4, -0.2) is 15.8 Å². The van der Waals surface area contributed by atoms with Crippen LogP contribution in [0.2, 0.25) is 0 Å². The van der Waals surface area contributed by atoms with E-state index >= 15 is 0 Å². The molecule has 1 aromatic heterocycles. The van der Waals surface area contributed by atoms with Crippen LogP contribution in [0.15, 0.2) is 22.6 Å². The van der Waals surface area contributed by atoms with Crippen LogP contribution in [-0.2, 0) is 0 Å². The molecule has 0 aliphatic rings. The highest BCUT2D eigenvalue weighted by molar-refractivity contribution is 7.80. The van der Waals surface area contributed by atoms with E-state index in [1.807, 2.05) is 18.2 Å². The topological polar surface area (TPSA) is 46.3 Å². The number of benzene rings is 1. The molecular weight excluding hydrogens is 198 g/mol. The third kappa shape index (κ3) is 1.63. The zero-order valence-corrected chi connectivity index (χ0v) is 8.66. The molecule has 0 fully saturated rings. The van der Waals surface area contributed by atoms with Gasteiger partial charge in [-0.1, -0.05) is 6.07 Å². The molecule has 1 N–H and O–H groups in total. The van der Waals surface area contributed by atoms with Gasteiger partial charge in [-0.15, -0.1) is 0 Å². The fraction of sp³-hybridized carbons (Fsp3) is 0.300. The first-order valence-electron chi connectivity index (χ1n) is 4.36. The van der Waals surface area contributed by atoms with Gasteiger partial charge in [0.1, 0.15) is 5.52 Å². The monoisotopic (exact) mass is 209 g/mol. The molecule has 1 atom stereocenters. The molecule has 1 unspecified atom stereocenters. The molecular formula is C10H11NO2S. The van der Waals surface area contributed by atoms with Crippen LogP contribution in [0.25, 0.3) is 11.1 Å². The number of aromatic nitrogens is 1. The third-order valence-corrected chi connectivity index (χ3v) is 2.42. The molecule has 0 aliphatic carbocycles. The molecule has 0 radical (unpaired) electrons. The summed E-state index contributed by atoms with van der Waals surface area (Å²) in [6.45, 7) is 1.80. The van der Waals surface area contributed by atoms with E-state index in [2.05, 4.69) is 17.6 Å². The molecule has 4 heteroatoms. The Kier molecular flexibility index (Phi) is 2.48. The average molecular weight is 209 g/mol. The minimum Gasteiger partial charge on any atom is -0.441 e. The molecule has 1 heterocycles. The van der Waals surface area contributed by atoms with E-state index in [9.17, 15) is 5.11 Å². The van der Waals surface area contributed by atoms with Crippen molar-refractivity contribution >= 4 is 23.7 Å². The lowest BCUT2D eigenvalue weighted by Gasteiger charge is -2.05. The Hall–Kier alpha value is -1.00. The minimum absolute atomic E-state index is 0.405. The summed E-state index contributed by atoms with van der Waals surface area (Å²) < 4.78 is 5.32. The molecule has 0 saturated carbocycles. The van der Waals surface area contributed by atoms with Crippen molar-refractivity contribution in [3.8, 4) is 0 Å². The molecule has 0 spiro atoms. The second kappa shape index (κ2) is 3.63. The van der Waals surface area contributed by atoms with E-state index in [0.29, 0.717) is 11.6 Å². The number of aliphatic hydroxyl groups is 1. The molecule has 0 aliphatic heterocycles. The van der Waals surface area contributed by atoms with Gasteiger partial charge in [-0.2, -0.15) is 12.6 Å². The summed E-state index contributed by atoms with van der Waals surface area (Å²) in [4.78, 5) is 4.19. The Bertz CT molecular complexity index is 452. The SMILES string of the molecule is Cc1nc2cc(C(O)CS)ccc2o1. The summed E-state index contributed by atoms with van der Waals surface area (Å²) >= 11 is 4.03. The van der Waals surface area contributed by atoms with Crippen molar-refractivity contribution < 1.29 is 9.52 Å². The van der Waals surface area contributed by atoms with Crippen molar-refractivity contribution in [2.24, 2.45) is 0 Å². The van der Waals surface area contributed by atoms with Crippen LogP contribution < -0.4 is 0 Å². The Morgan fingerprint density at radius 2 is 2.36 bits per heavy atom. The second-order valence-electron chi connectivity index (χ2n) is 3.16. The van der Waals surface area contributed by atoms with Crippen molar-refractivity contribution in [1.82, 2.24) is 4.98 Å². The maximum atomic E-state index is 9.56. The predicted octanol–water partition coefficient (Wildman–Crippen LogP) is 2.10. The number of aliphatic hydroxyl groups excluding tert-OH is 1. The number of hydrogen-bond donors (Lipinski definition) is 2. The zero-order valence-electron chi connectivity index (χ0n) is 7.77. The average Bonchev–Trinajstić information content (AvgIpc) is 2.55. The van der Waals surface area contributed by atoms with Crippen LogP contribution in [0.3, 0.4) is 0 Å². The van der Waals surface area contributed by atoms with Gasteiger partial charge in [0, 0.05) is 12.7 Å². The van der Waals surface area contributed by atoms with E-state index in [4.69, 9.17) is 4.42 Å². The fourth-order valence-corrected chi connectivity index (χ4v) is 1.58. The van der Waals surface area contributed by atoms with E-state index in [1.54, 1.807) is 6.92 Å². The van der Waals surface area contributed by atoms with Gasteiger partial charge in [-0.3, -0.25) is 0 Å². The lowest BCUT2D eigenvalue weighted by atomic mass is 10.1. The predicted molar refractivity (Wildman–Crippen MR) is 57.6 cm³/mol. The van der Waals surface area contributed by atoms with E-state index < -0.39 is 6.10 Å². The number of fused-ring (bicyclic) bond motifs is 1. The molecule has 74 valence electrons. The van der Waals surface area contributed by atoms with Crippen molar-refractivity contribution in [2.45, 2.75) is 13.0 Å². The second-order valence-corrected chi connectivity index (χ2v) is 3.52. The molecule has 2 rings (SSSR count). The van der Waals surface area contributed by atoms with Crippen LogP contribution in [0, 0.1) is 6.92 Å². The normalized spacial score (nSPS) is 13.4. The van der Waals surface area contributed by atoms with Gasteiger partial charge >= 0.3 is 0 Å². The van der Waals surface area contributed by atoms with Crippen LogP contribution >= 0.6 is 12.6 Å². The lowest BCUT2D eigenvalue weighted by molar-refractivity contribution is 0.204. The lowest BCUT2D eigenvalue weighted by Crippen LogP contribution is -1.97. The summed E-state index contributed by atoms with van der Waals surface area (Å²) in [5, 5.41) is 9.56. The third-order valence-electron chi connectivity index (χ3n) is 2.08. The standard InChI is InChI=1S/C10H11NO2S/c1-6-11-8-4-7(9(12)5-14)2-3-10(8)13-6/h2-4,9,12,14H,5H2,1H3. The van der Waals surface area contributed by atoms with Crippen molar-refractivity contribution in [3.05, 3.63) is 29.7 Å². The van der Waals surface area contributed by atoms with Gasteiger partial charge < -0.3 is 9.52 Å².